The average Bonchev–Trinajstić information content (AvgIpc) is 3.04. The van der Waals surface area contributed by atoms with Crippen LogP contribution in [-0.4, -0.2) is 49.7 Å². The van der Waals surface area contributed by atoms with E-state index in [2.05, 4.69) is 9.44 Å². The number of nitrogens with zero attached hydrogens (tertiary/aromatic N) is 1. The van der Waals surface area contributed by atoms with E-state index in [1.807, 2.05) is 0 Å². The zero-order valence-corrected chi connectivity index (χ0v) is 19.4. The van der Waals surface area contributed by atoms with Crippen molar-refractivity contribution in [3.63, 3.8) is 0 Å². The monoisotopic (exact) mass is 487 g/mol. The van der Waals surface area contributed by atoms with Gasteiger partial charge in [0.15, 0.2) is 0 Å². The lowest BCUT2D eigenvalue weighted by Gasteiger charge is -2.20. The van der Waals surface area contributed by atoms with Crippen LogP contribution in [0.5, 0.6) is 0 Å². The van der Waals surface area contributed by atoms with Crippen molar-refractivity contribution in [3.8, 4) is 0 Å². The molecule has 0 bridgehead atoms. The first-order valence-corrected chi connectivity index (χ1v) is 14.1. The Morgan fingerprint density at radius 1 is 0.710 bits per heavy atom. The van der Waals surface area contributed by atoms with Crippen molar-refractivity contribution in [3.05, 3.63) is 48.5 Å². The molecule has 0 spiro atoms. The molecule has 31 heavy (non-hydrogen) atoms. The number of benzene rings is 2. The van der Waals surface area contributed by atoms with Gasteiger partial charge in [0.2, 0.25) is 20.0 Å². The highest BCUT2D eigenvalue weighted by Gasteiger charge is 2.25. The van der Waals surface area contributed by atoms with Gasteiger partial charge in [-0.05, 0) is 62.4 Å². The molecule has 3 rings (SSSR count). The standard InChI is InChI=1S/C19H25N3O6S3/c1-20-29(23,24)18-7-6-8-19(15-18)30(25,26)21-16-9-11-17(12-10-16)31(27,28)22-13-4-2-3-5-14-22/h6-12,15,20-21H,2-5,13-14H2,1H3. The highest BCUT2D eigenvalue weighted by Crippen LogP contribution is 2.24. The SMILES string of the molecule is CNS(=O)(=O)c1cccc(S(=O)(=O)Nc2ccc(S(=O)(=O)N3CCCCCC3)cc2)c1. The highest BCUT2D eigenvalue weighted by atomic mass is 32.2. The lowest BCUT2D eigenvalue weighted by Crippen LogP contribution is -2.31. The summed E-state index contributed by atoms with van der Waals surface area (Å²) in [6.45, 7) is 0.950. The molecule has 170 valence electrons. The molecule has 0 radical (unpaired) electrons. The maximum Gasteiger partial charge on any atom is 0.261 e. The molecule has 0 aliphatic carbocycles. The molecule has 1 fully saturated rings. The van der Waals surface area contributed by atoms with E-state index in [0.717, 1.165) is 31.7 Å². The number of hydrogen-bond acceptors (Lipinski definition) is 6. The van der Waals surface area contributed by atoms with E-state index < -0.39 is 30.1 Å². The second-order valence-corrected chi connectivity index (χ2v) is 12.6. The van der Waals surface area contributed by atoms with Crippen LogP contribution < -0.4 is 9.44 Å². The number of nitrogens with one attached hydrogen (secondary N) is 2. The molecule has 0 aromatic heterocycles. The van der Waals surface area contributed by atoms with Crippen LogP contribution in [0.3, 0.4) is 0 Å². The van der Waals surface area contributed by atoms with Crippen LogP contribution in [0.15, 0.2) is 63.2 Å². The van der Waals surface area contributed by atoms with E-state index in [9.17, 15) is 25.3 Å². The van der Waals surface area contributed by atoms with Gasteiger partial charge in [-0.15, -0.1) is 0 Å². The summed E-state index contributed by atoms with van der Waals surface area (Å²) in [6, 6.07) is 10.4. The van der Waals surface area contributed by atoms with E-state index in [-0.39, 0.29) is 20.4 Å². The Morgan fingerprint density at radius 3 is 1.81 bits per heavy atom. The van der Waals surface area contributed by atoms with Crippen LogP contribution in [0.2, 0.25) is 0 Å². The van der Waals surface area contributed by atoms with Crippen LogP contribution in [0.25, 0.3) is 0 Å². The first kappa shape index (κ1) is 23.7. The Hall–Kier alpha value is -1.99. The quantitative estimate of drug-likeness (QED) is 0.614. The first-order valence-electron chi connectivity index (χ1n) is 9.73. The van der Waals surface area contributed by atoms with Gasteiger partial charge in [0, 0.05) is 18.8 Å². The number of rotatable bonds is 7. The Kier molecular flexibility index (Phi) is 7.06. The van der Waals surface area contributed by atoms with Crippen molar-refractivity contribution in [1.29, 1.82) is 0 Å². The zero-order chi connectivity index (χ0) is 22.7. The third kappa shape index (κ3) is 5.44. The fourth-order valence-corrected chi connectivity index (χ4v) is 6.74. The molecule has 1 aliphatic rings. The van der Waals surface area contributed by atoms with Crippen molar-refractivity contribution in [2.45, 2.75) is 40.4 Å². The van der Waals surface area contributed by atoms with Crippen molar-refractivity contribution in [2.24, 2.45) is 0 Å². The van der Waals surface area contributed by atoms with Crippen LogP contribution >= 0.6 is 0 Å². The summed E-state index contributed by atoms with van der Waals surface area (Å²) in [5.74, 6) is 0. The Labute approximate surface area is 183 Å². The minimum absolute atomic E-state index is 0.0967. The third-order valence-corrected chi connectivity index (χ3v) is 9.71. The Morgan fingerprint density at radius 2 is 1.26 bits per heavy atom. The van der Waals surface area contributed by atoms with Crippen molar-refractivity contribution in [1.82, 2.24) is 9.03 Å². The first-order chi connectivity index (χ1) is 14.6. The van der Waals surface area contributed by atoms with Gasteiger partial charge in [0.05, 0.1) is 14.7 Å². The number of anilines is 1. The second kappa shape index (κ2) is 9.25. The minimum atomic E-state index is -4.08. The summed E-state index contributed by atoms with van der Waals surface area (Å²) >= 11 is 0. The van der Waals surface area contributed by atoms with E-state index in [0.29, 0.717) is 13.1 Å². The van der Waals surface area contributed by atoms with Gasteiger partial charge in [-0.2, -0.15) is 4.31 Å². The summed E-state index contributed by atoms with van der Waals surface area (Å²) in [5, 5.41) is 0. The maximum atomic E-state index is 12.8. The molecule has 12 heteroatoms. The highest BCUT2D eigenvalue weighted by molar-refractivity contribution is 7.93. The summed E-state index contributed by atoms with van der Waals surface area (Å²) in [4.78, 5) is -0.318. The molecule has 2 N–H and O–H groups in total. The number of sulfonamides is 3. The smallest absolute Gasteiger partial charge is 0.261 e. The van der Waals surface area contributed by atoms with Gasteiger partial charge >= 0.3 is 0 Å². The fraction of sp³-hybridized carbons (Fsp3) is 0.368. The number of hydrogen-bond donors (Lipinski definition) is 2. The minimum Gasteiger partial charge on any atom is -0.280 e. The summed E-state index contributed by atoms with van der Waals surface area (Å²) in [7, 11) is -10.3. The van der Waals surface area contributed by atoms with Gasteiger partial charge in [-0.3, -0.25) is 4.72 Å². The third-order valence-electron chi connectivity index (χ3n) is 5.00. The molecule has 2 aromatic rings. The predicted octanol–water partition coefficient (Wildman–Crippen LogP) is 1.96. The van der Waals surface area contributed by atoms with Crippen molar-refractivity contribution in [2.75, 3.05) is 24.9 Å². The zero-order valence-electron chi connectivity index (χ0n) is 17.0. The molecule has 9 nitrogen and oxygen atoms in total. The maximum absolute atomic E-state index is 12.8. The molecule has 0 atom stereocenters. The van der Waals surface area contributed by atoms with Gasteiger partial charge in [-0.1, -0.05) is 18.9 Å². The summed E-state index contributed by atoms with van der Waals surface area (Å²) in [6.07, 6.45) is 3.64. The Bertz CT molecular complexity index is 1230. The molecule has 0 amide bonds. The van der Waals surface area contributed by atoms with E-state index >= 15 is 0 Å². The largest absolute Gasteiger partial charge is 0.280 e. The molecule has 1 saturated heterocycles. The van der Waals surface area contributed by atoms with E-state index in [1.54, 1.807) is 0 Å². The van der Waals surface area contributed by atoms with E-state index in [4.69, 9.17) is 0 Å². The molecule has 1 aliphatic heterocycles. The van der Waals surface area contributed by atoms with Crippen molar-refractivity contribution < 1.29 is 25.3 Å². The molecular formula is C19H25N3O6S3. The molecule has 2 aromatic carbocycles. The Balaban J connectivity index is 1.81. The van der Waals surface area contributed by atoms with Gasteiger partial charge < -0.3 is 0 Å². The normalized spacial score (nSPS) is 16.5. The lowest BCUT2D eigenvalue weighted by molar-refractivity contribution is 0.424. The molecule has 1 heterocycles. The fourth-order valence-electron chi connectivity index (χ4n) is 3.27. The molecular weight excluding hydrogens is 462 g/mol. The average molecular weight is 488 g/mol. The predicted molar refractivity (Wildman–Crippen MR) is 117 cm³/mol. The van der Waals surface area contributed by atoms with Crippen molar-refractivity contribution >= 4 is 35.8 Å². The van der Waals surface area contributed by atoms with Gasteiger partial charge in [0.1, 0.15) is 0 Å². The molecule has 0 unspecified atom stereocenters. The van der Waals surface area contributed by atoms with Gasteiger partial charge in [-0.25, -0.2) is 30.0 Å². The second-order valence-electron chi connectivity index (χ2n) is 7.13. The summed E-state index contributed by atoms with van der Waals surface area (Å²) < 4.78 is 80.9. The lowest BCUT2D eigenvalue weighted by atomic mass is 10.2. The molecule has 0 saturated carbocycles. The van der Waals surface area contributed by atoms with Crippen LogP contribution in [0.1, 0.15) is 25.7 Å². The van der Waals surface area contributed by atoms with Crippen LogP contribution in [0.4, 0.5) is 5.69 Å². The van der Waals surface area contributed by atoms with Crippen LogP contribution in [0, 0.1) is 0 Å². The van der Waals surface area contributed by atoms with Crippen LogP contribution in [-0.2, 0) is 30.1 Å². The van der Waals surface area contributed by atoms with Gasteiger partial charge in [0.25, 0.3) is 10.0 Å². The van der Waals surface area contributed by atoms with E-state index in [1.165, 1.54) is 53.8 Å². The topological polar surface area (TPSA) is 130 Å². The summed E-state index contributed by atoms with van der Waals surface area (Å²) in [5.41, 5.74) is 0.164.